The zero-order valence-corrected chi connectivity index (χ0v) is 13.7. The Morgan fingerprint density at radius 1 is 1.22 bits per heavy atom. The molecule has 2 saturated carbocycles. The zero-order chi connectivity index (χ0) is 16.2. The van der Waals surface area contributed by atoms with Gasteiger partial charge in [-0.2, -0.15) is 0 Å². The molecule has 5 nitrogen and oxygen atoms in total. The molecular formula is C18H26N4O. The van der Waals surface area contributed by atoms with E-state index in [9.17, 15) is 4.79 Å². The standard InChI is InChI=1S/C18H26N4O/c1-12(23)13-5-4-6-15(11-13)21-18(20-14-9-10-14)22-17-8-3-2-7-16(17)19/h4-6,11,14,16-17H,2-3,7-10,19H2,1H3,(H2,20,21,22)/t16-,17-/m0/s1. The smallest absolute Gasteiger partial charge is 0.196 e. The summed E-state index contributed by atoms with van der Waals surface area (Å²) in [4.78, 5) is 16.4. The highest BCUT2D eigenvalue weighted by atomic mass is 16.1. The largest absolute Gasteiger partial charge is 0.353 e. The van der Waals surface area contributed by atoms with Gasteiger partial charge >= 0.3 is 0 Å². The Morgan fingerprint density at radius 3 is 2.70 bits per heavy atom. The lowest BCUT2D eigenvalue weighted by atomic mass is 9.91. The molecule has 2 aliphatic carbocycles. The molecule has 124 valence electrons. The van der Waals surface area contributed by atoms with Gasteiger partial charge in [0.25, 0.3) is 0 Å². The van der Waals surface area contributed by atoms with Crippen LogP contribution in [0.5, 0.6) is 0 Å². The molecule has 0 aromatic heterocycles. The Balaban J connectivity index is 1.75. The summed E-state index contributed by atoms with van der Waals surface area (Å²) in [5.41, 5.74) is 7.81. The molecule has 23 heavy (non-hydrogen) atoms. The highest BCUT2D eigenvalue weighted by Gasteiger charge is 2.25. The summed E-state index contributed by atoms with van der Waals surface area (Å²) in [5, 5.41) is 6.80. The van der Waals surface area contributed by atoms with Gasteiger partial charge in [-0.3, -0.25) is 4.79 Å². The number of carbonyl (C=O) groups excluding carboxylic acids is 1. The molecule has 5 heteroatoms. The lowest BCUT2D eigenvalue weighted by Crippen LogP contribution is -2.40. The van der Waals surface area contributed by atoms with E-state index >= 15 is 0 Å². The first-order chi connectivity index (χ1) is 11.1. The lowest BCUT2D eigenvalue weighted by molar-refractivity contribution is 0.101. The molecule has 0 aliphatic heterocycles. The average molecular weight is 314 g/mol. The fourth-order valence-electron chi connectivity index (χ4n) is 2.95. The van der Waals surface area contributed by atoms with Crippen molar-refractivity contribution in [2.45, 2.75) is 63.6 Å². The molecule has 0 radical (unpaired) electrons. The van der Waals surface area contributed by atoms with E-state index in [-0.39, 0.29) is 17.9 Å². The Labute approximate surface area is 137 Å². The highest BCUT2D eigenvalue weighted by molar-refractivity contribution is 5.98. The Kier molecular flexibility index (Phi) is 4.96. The van der Waals surface area contributed by atoms with Crippen LogP contribution in [0.1, 0.15) is 55.8 Å². The van der Waals surface area contributed by atoms with Crippen molar-refractivity contribution in [1.82, 2.24) is 5.32 Å². The van der Waals surface area contributed by atoms with Crippen molar-refractivity contribution >= 4 is 17.4 Å². The van der Waals surface area contributed by atoms with Crippen molar-refractivity contribution in [3.63, 3.8) is 0 Å². The predicted octanol–water partition coefficient (Wildman–Crippen LogP) is 2.68. The monoisotopic (exact) mass is 314 g/mol. The summed E-state index contributed by atoms with van der Waals surface area (Å²) >= 11 is 0. The molecule has 0 heterocycles. The minimum absolute atomic E-state index is 0.0663. The van der Waals surface area contributed by atoms with E-state index in [2.05, 4.69) is 10.6 Å². The molecule has 2 aliphatic rings. The summed E-state index contributed by atoms with van der Waals surface area (Å²) in [6.45, 7) is 1.58. The van der Waals surface area contributed by atoms with Crippen LogP contribution in [0.25, 0.3) is 0 Å². The van der Waals surface area contributed by atoms with Crippen LogP contribution in [-0.4, -0.2) is 29.9 Å². The van der Waals surface area contributed by atoms with Crippen molar-refractivity contribution in [2.75, 3.05) is 5.32 Å². The van der Waals surface area contributed by atoms with E-state index in [1.165, 1.54) is 25.7 Å². The van der Waals surface area contributed by atoms with Crippen LogP contribution in [0.15, 0.2) is 29.3 Å². The van der Waals surface area contributed by atoms with Crippen molar-refractivity contribution < 1.29 is 4.79 Å². The number of nitrogens with zero attached hydrogens (tertiary/aromatic N) is 1. The number of hydrogen-bond donors (Lipinski definition) is 3. The molecule has 0 bridgehead atoms. The highest BCUT2D eigenvalue weighted by Crippen LogP contribution is 2.22. The van der Waals surface area contributed by atoms with Crippen LogP contribution in [-0.2, 0) is 0 Å². The Bertz CT molecular complexity index is 594. The number of guanidine groups is 1. The number of Topliss-reactive ketones (excluding diaryl/α,β-unsaturated/α-hetero) is 1. The Morgan fingerprint density at radius 2 is 2.00 bits per heavy atom. The van der Waals surface area contributed by atoms with Gasteiger partial charge in [0, 0.05) is 23.3 Å². The third-order valence-corrected chi connectivity index (χ3v) is 4.53. The number of rotatable bonds is 4. The molecule has 1 aromatic rings. The van der Waals surface area contributed by atoms with E-state index < -0.39 is 0 Å². The molecule has 1 aromatic carbocycles. The third kappa shape index (κ3) is 4.55. The maximum atomic E-state index is 11.5. The minimum Gasteiger partial charge on any atom is -0.353 e. The molecule has 0 amide bonds. The molecule has 2 atom stereocenters. The molecule has 0 unspecified atom stereocenters. The lowest BCUT2D eigenvalue weighted by Gasteiger charge is -2.26. The molecular weight excluding hydrogens is 288 g/mol. The maximum absolute atomic E-state index is 11.5. The molecule has 0 saturated heterocycles. The Hall–Kier alpha value is -1.88. The topological polar surface area (TPSA) is 79.5 Å². The van der Waals surface area contributed by atoms with Gasteiger partial charge in [-0.1, -0.05) is 25.0 Å². The molecule has 0 spiro atoms. The number of nitrogens with one attached hydrogen (secondary N) is 2. The van der Waals surface area contributed by atoms with Gasteiger partial charge in [-0.15, -0.1) is 0 Å². The van der Waals surface area contributed by atoms with Crippen LogP contribution in [0, 0.1) is 0 Å². The van der Waals surface area contributed by atoms with Crippen LogP contribution < -0.4 is 16.4 Å². The number of nitrogens with two attached hydrogens (primary N) is 1. The second-order valence-corrected chi connectivity index (χ2v) is 6.67. The summed E-state index contributed by atoms with van der Waals surface area (Å²) in [6, 6.07) is 8.37. The van der Waals surface area contributed by atoms with Crippen molar-refractivity contribution in [1.29, 1.82) is 0 Å². The van der Waals surface area contributed by atoms with Crippen LogP contribution >= 0.6 is 0 Å². The van der Waals surface area contributed by atoms with Crippen molar-refractivity contribution in [3.05, 3.63) is 29.8 Å². The number of hydrogen-bond acceptors (Lipinski definition) is 3. The minimum atomic E-state index is 0.0663. The number of aliphatic imine (C=N–C) groups is 1. The van der Waals surface area contributed by atoms with Crippen LogP contribution in [0.4, 0.5) is 5.69 Å². The molecule has 4 N–H and O–H groups in total. The van der Waals surface area contributed by atoms with E-state index in [0.29, 0.717) is 11.6 Å². The van der Waals surface area contributed by atoms with Gasteiger partial charge in [-0.05, 0) is 44.7 Å². The average Bonchev–Trinajstić information content (AvgIpc) is 3.34. The van der Waals surface area contributed by atoms with E-state index in [0.717, 1.165) is 24.5 Å². The number of carbonyl (C=O) groups is 1. The van der Waals surface area contributed by atoms with Crippen molar-refractivity contribution in [2.24, 2.45) is 10.7 Å². The number of benzene rings is 1. The fraction of sp³-hybridized carbons (Fsp3) is 0.556. The molecule has 2 fully saturated rings. The van der Waals surface area contributed by atoms with Crippen LogP contribution in [0.3, 0.4) is 0 Å². The molecule has 3 rings (SSSR count). The van der Waals surface area contributed by atoms with E-state index in [4.69, 9.17) is 10.7 Å². The van der Waals surface area contributed by atoms with Gasteiger partial charge in [0.05, 0.1) is 6.04 Å². The fourth-order valence-corrected chi connectivity index (χ4v) is 2.95. The summed E-state index contributed by atoms with van der Waals surface area (Å²) in [7, 11) is 0. The third-order valence-electron chi connectivity index (χ3n) is 4.53. The quantitative estimate of drug-likeness (QED) is 0.453. The van der Waals surface area contributed by atoms with Gasteiger partial charge in [-0.25, -0.2) is 4.99 Å². The van der Waals surface area contributed by atoms with E-state index in [1.54, 1.807) is 6.92 Å². The first kappa shape index (κ1) is 16.0. The van der Waals surface area contributed by atoms with Gasteiger partial charge in [0.15, 0.2) is 11.7 Å². The van der Waals surface area contributed by atoms with Gasteiger partial charge < -0.3 is 16.4 Å². The summed E-state index contributed by atoms with van der Waals surface area (Å²) < 4.78 is 0. The van der Waals surface area contributed by atoms with E-state index in [1.807, 2.05) is 24.3 Å². The zero-order valence-electron chi connectivity index (χ0n) is 13.7. The second-order valence-electron chi connectivity index (χ2n) is 6.67. The first-order valence-electron chi connectivity index (χ1n) is 8.60. The first-order valence-corrected chi connectivity index (χ1v) is 8.60. The maximum Gasteiger partial charge on any atom is 0.196 e. The van der Waals surface area contributed by atoms with Gasteiger partial charge in [0.2, 0.25) is 0 Å². The summed E-state index contributed by atoms with van der Waals surface area (Å²) in [6.07, 6.45) is 6.86. The normalized spacial score (nSPS) is 25.0. The SMILES string of the molecule is CC(=O)c1cccc(NC(=N[C@H]2CCCC[C@@H]2N)NC2CC2)c1. The second kappa shape index (κ2) is 7.13. The number of anilines is 1. The predicted molar refractivity (Wildman–Crippen MR) is 93.9 cm³/mol. The van der Waals surface area contributed by atoms with Crippen LogP contribution in [0.2, 0.25) is 0 Å². The van der Waals surface area contributed by atoms with Gasteiger partial charge in [0.1, 0.15) is 0 Å². The summed E-state index contributed by atoms with van der Waals surface area (Å²) in [5.74, 6) is 0.854. The van der Waals surface area contributed by atoms with Crippen molar-refractivity contribution in [3.8, 4) is 0 Å². The number of ketones is 1.